The molecule has 1 N–H and O–H groups in total. The fourth-order valence-electron chi connectivity index (χ4n) is 4.84. The van der Waals surface area contributed by atoms with E-state index in [4.69, 9.17) is 19.0 Å². The van der Waals surface area contributed by atoms with Gasteiger partial charge in [0.2, 0.25) is 6.35 Å². The Morgan fingerprint density at radius 1 is 1.00 bits per heavy atom. The fraction of sp³-hybridized carbons (Fsp3) is 0.281. The lowest BCUT2D eigenvalue weighted by Gasteiger charge is -2.32. The van der Waals surface area contributed by atoms with Crippen LogP contribution >= 0.6 is 0 Å². The molecule has 0 aliphatic carbocycles. The van der Waals surface area contributed by atoms with Crippen LogP contribution in [0.3, 0.4) is 0 Å². The molecule has 1 unspecified atom stereocenters. The van der Waals surface area contributed by atoms with Crippen molar-refractivity contribution in [2.75, 3.05) is 12.0 Å². The van der Waals surface area contributed by atoms with E-state index in [1.165, 1.54) is 5.56 Å². The summed E-state index contributed by atoms with van der Waals surface area (Å²) >= 11 is 0. The van der Waals surface area contributed by atoms with E-state index in [0.29, 0.717) is 5.82 Å². The number of H-pyrrole nitrogens is 1. The number of hydrogen-bond acceptors (Lipinski definition) is 7. The highest BCUT2D eigenvalue weighted by Gasteiger charge is 2.24. The van der Waals surface area contributed by atoms with Crippen LogP contribution in [0.25, 0.3) is 22.5 Å². The van der Waals surface area contributed by atoms with Gasteiger partial charge in [0, 0.05) is 36.7 Å². The Balaban J connectivity index is 1.41. The Bertz CT molecular complexity index is 1550. The van der Waals surface area contributed by atoms with Gasteiger partial charge >= 0.3 is 5.76 Å². The zero-order chi connectivity index (χ0) is 28.1. The number of methoxy groups -OCH3 is 1. The topological polar surface area (TPSA) is 92.9 Å². The van der Waals surface area contributed by atoms with E-state index in [9.17, 15) is 4.79 Å². The molecule has 1 aliphatic rings. The number of nitrogens with one attached hydrogen (secondary N) is 1. The van der Waals surface area contributed by atoms with Crippen molar-refractivity contribution in [2.24, 2.45) is 4.99 Å². The molecule has 0 saturated carbocycles. The lowest BCUT2D eigenvalue weighted by Crippen LogP contribution is -2.36. The van der Waals surface area contributed by atoms with Crippen molar-refractivity contribution in [3.63, 3.8) is 0 Å². The average molecular weight is 539 g/mol. The molecule has 1 atom stereocenters. The standard InChI is InChI=1S/C32H34N4O4/c1-5-8-29-24(20-36(31(33-29)38-4)25-15-17-26(18-16-25)39-21(2)3)19-22-11-13-23(14-12-22)27-9-6-7-10-28(27)30-34-32(37)40-35-30/h6-7,9-18,20-21,31H,5,8,19H2,1-4H3,(H,34,35,37). The molecule has 8 heteroatoms. The second kappa shape index (κ2) is 12.2. The first kappa shape index (κ1) is 27.1. The van der Waals surface area contributed by atoms with Gasteiger partial charge in [-0.3, -0.25) is 9.51 Å². The maximum atomic E-state index is 11.5. The van der Waals surface area contributed by atoms with Crippen molar-refractivity contribution >= 4 is 11.4 Å². The number of allylic oxidation sites excluding steroid dienone is 1. The van der Waals surface area contributed by atoms with Gasteiger partial charge in [-0.2, -0.15) is 0 Å². The molecule has 0 bridgehead atoms. The maximum absolute atomic E-state index is 11.5. The number of aromatic nitrogens is 2. The first-order valence-electron chi connectivity index (χ1n) is 13.6. The number of nitrogens with zero attached hydrogens (tertiary/aromatic N) is 3. The quantitative estimate of drug-likeness (QED) is 0.244. The van der Waals surface area contributed by atoms with Gasteiger partial charge in [-0.05, 0) is 66.8 Å². The molecule has 2 heterocycles. The van der Waals surface area contributed by atoms with E-state index in [1.54, 1.807) is 7.11 Å². The summed E-state index contributed by atoms with van der Waals surface area (Å²) in [6.45, 7) is 6.20. The lowest BCUT2D eigenvalue weighted by atomic mass is 9.94. The van der Waals surface area contributed by atoms with E-state index >= 15 is 0 Å². The number of anilines is 1. The van der Waals surface area contributed by atoms with E-state index in [0.717, 1.165) is 58.7 Å². The largest absolute Gasteiger partial charge is 0.491 e. The van der Waals surface area contributed by atoms with E-state index in [1.807, 2.05) is 62.4 Å². The smallest absolute Gasteiger partial charge is 0.439 e. The van der Waals surface area contributed by atoms with E-state index in [2.05, 4.69) is 52.4 Å². The molecule has 0 saturated heterocycles. The van der Waals surface area contributed by atoms with Crippen LogP contribution < -0.4 is 15.4 Å². The molecule has 206 valence electrons. The molecule has 0 amide bonds. The number of aromatic amines is 1. The van der Waals surface area contributed by atoms with Crippen molar-refractivity contribution in [1.82, 2.24) is 10.1 Å². The van der Waals surface area contributed by atoms with E-state index < -0.39 is 12.1 Å². The van der Waals surface area contributed by atoms with Crippen LogP contribution in [0.2, 0.25) is 0 Å². The third-order valence-electron chi connectivity index (χ3n) is 6.66. The summed E-state index contributed by atoms with van der Waals surface area (Å²) < 4.78 is 16.3. The summed E-state index contributed by atoms with van der Waals surface area (Å²) in [6.07, 6.45) is 4.46. The van der Waals surface area contributed by atoms with Crippen LogP contribution in [0, 0.1) is 0 Å². The van der Waals surface area contributed by atoms with Gasteiger partial charge < -0.3 is 14.4 Å². The third-order valence-corrected chi connectivity index (χ3v) is 6.66. The predicted molar refractivity (Wildman–Crippen MR) is 158 cm³/mol. The zero-order valence-electron chi connectivity index (χ0n) is 23.3. The average Bonchev–Trinajstić information content (AvgIpc) is 3.40. The second-order valence-electron chi connectivity index (χ2n) is 9.97. The summed E-state index contributed by atoms with van der Waals surface area (Å²) in [6, 6.07) is 24.3. The van der Waals surface area contributed by atoms with Gasteiger partial charge in [0.05, 0.1) is 6.10 Å². The van der Waals surface area contributed by atoms with Gasteiger partial charge in [0.1, 0.15) is 5.75 Å². The molecule has 0 spiro atoms. The highest BCUT2D eigenvalue weighted by molar-refractivity contribution is 6.02. The molecule has 8 nitrogen and oxygen atoms in total. The minimum absolute atomic E-state index is 0.117. The molecular formula is C32H34N4O4. The van der Waals surface area contributed by atoms with Gasteiger partial charge in [-0.1, -0.05) is 67.0 Å². The summed E-state index contributed by atoms with van der Waals surface area (Å²) in [4.78, 5) is 21.2. The molecule has 4 aromatic rings. The van der Waals surface area contributed by atoms with Crippen LogP contribution in [-0.4, -0.2) is 35.4 Å². The molecule has 0 radical (unpaired) electrons. The van der Waals surface area contributed by atoms with Crippen molar-refractivity contribution < 1.29 is 14.0 Å². The normalized spacial score (nSPS) is 15.2. The highest BCUT2D eigenvalue weighted by atomic mass is 16.5. The van der Waals surface area contributed by atoms with Crippen LogP contribution in [0.4, 0.5) is 5.69 Å². The Morgan fingerprint density at radius 2 is 1.73 bits per heavy atom. The number of benzene rings is 3. The third kappa shape index (κ3) is 6.07. The number of aliphatic imine (C=N–C) groups is 1. The summed E-state index contributed by atoms with van der Waals surface area (Å²) in [5.41, 5.74) is 7.16. The van der Waals surface area contributed by atoms with Crippen molar-refractivity contribution in [2.45, 2.75) is 52.5 Å². The zero-order valence-corrected chi connectivity index (χ0v) is 23.3. The first-order chi connectivity index (χ1) is 19.4. The van der Waals surface area contributed by atoms with Crippen LogP contribution in [-0.2, 0) is 11.2 Å². The summed E-state index contributed by atoms with van der Waals surface area (Å²) in [7, 11) is 1.69. The monoisotopic (exact) mass is 538 g/mol. The van der Waals surface area contributed by atoms with Crippen molar-refractivity contribution in [3.8, 4) is 28.3 Å². The molecule has 40 heavy (non-hydrogen) atoms. The fourth-order valence-corrected chi connectivity index (χ4v) is 4.84. The predicted octanol–water partition coefficient (Wildman–Crippen LogP) is 6.60. The minimum atomic E-state index is -0.574. The Kier molecular flexibility index (Phi) is 8.26. The lowest BCUT2D eigenvalue weighted by molar-refractivity contribution is 0.113. The van der Waals surface area contributed by atoms with Crippen molar-refractivity contribution in [1.29, 1.82) is 0 Å². The summed E-state index contributed by atoms with van der Waals surface area (Å²) in [5.74, 6) is 0.671. The number of hydrogen-bond donors (Lipinski definition) is 1. The molecule has 1 aromatic heterocycles. The molecule has 5 rings (SSSR count). The Morgan fingerprint density at radius 3 is 2.35 bits per heavy atom. The van der Waals surface area contributed by atoms with Gasteiger partial charge in [0.15, 0.2) is 5.82 Å². The number of ether oxygens (including phenoxy) is 2. The molecule has 1 aliphatic heterocycles. The Labute approximate surface area is 234 Å². The van der Waals surface area contributed by atoms with Crippen LogP contribution in [0.5, 0.6) is 5.75 Å². The highest BCUT2D eigenvalue weighted by Crippen LogP contribution is 2.32. The summed E-state index contributed by atoms with van der Waals surface area (Å²) in [5, 5.41) is 3.87. The number of rotatable bonds is 10. The van der Waals surface area contributed by atoms with Crippen molar-refractivity contribution in [3.05, 3.63) is 101 Å². The van der Waals surface area contributed by atoms with Gasteiger partial charge in [-0.15, -0.1) is 0 Å². The molecular weight excluding hydrogens is 504 g/mol. The van der Waals surface area contributed by atoms with Crippen LogP contribution in [0.1, 0.15) is 39.2 Å². The molecule has 3 aromatic carbocycles. The first-order valence-corrected chi connectivity index (χ1v) is 13.6. The molecule has 0 fully saturated rings. The Hall–Kier alpha value is -4.43. The second-order valence-corrected chi connectivity index (χ2v) is 9.97. The van der Waals surface area contributed by atoms with Gasteiger partial charge in [-0.25, -0.2) is 9.79 Å². The van der Waals surface area contributed by atoms with Gasteiger partial charge in [0.25, 0.3) is 0 Å². The maximum Gasteiger partial charge on any atom is 0.439 e. The minimum Gasteiger partial charge on any atom is -0.491 e. The van der Waals surface area contributed by atoms with E-state index in [-0.39, 0.29) is 6.10 Å². The van der Waals surface area contributed by atoms with Crippen LogP contribution in [0.15, 0.2) is 98.9 Å². The SMILES string of the molecule is CCCC1=NC(OC)N(c2ccc(OC(C)C)cc2)C=C1Cc1ccc(-c2ccccc2-c2noc(=O)[nH]2)cc1.